The Morgan fingerprint density at radius 3 is 2.10 bits per heavy atom. The molecule has 1 nitrogen and oxygen atoms in total. The molecule has 1 unspecified atom stereocenters. The zero-order valence-corrected chi connectivity index (χ0v) is 13.6. The minimum absolute atomic E-state index is 0.127. The van der Waals surface area contributed by atoms with Crippen molar-refractivity contribution in [1.82, 2.24) is 0 Å². The lowest BCUT2D eigenvalue weighted by molar-refractivity contribution is 0.101. The van der Waals surface area contributed by atoms with Gasteiger partial charge < -0.3 is 0 Å². The Balaban J connectivity index is 1.96. The highest BCUT2D eigenvalue weighted by molar-refractivity contribution is 8.20. The molecular formula is C18H18OS2. The number of hydrogen-bond donors (Lipinski definition) is 0. The number of ketones is 1. The topological polar surface area (TPSA) is 17.1 Å². The van der Waals surface area contributed by atoms with Gasteiger partial charge in [-0.3, -0.25) is 4.79 Å². The molecule has 0 bridgehead atoms. The minimum atomic E-state index is 0.127. The number of benzene rings is 2. The lowest BCUT2D eigenvalue weighted by Gasteiger charge is -2.23. The number of carbonyl (C=O) groups excluding carboxylic acids is 1. The van der Waals surface area contributed by atoms with Crippen LogP contribution in [0.3, 0.4) is 0 Å². The average molecular weight is 314 g/mol. The molecule has 1 fully saturated rings. The van der Waals surface area contributed by atoms with Crippen molar-refractivity contribution in [3.05, 3.63) is 71.3 Å². The van der Waals surface area contributed by atoms with E-state index in [0.717, 1.165) is 5.56 Å². The predicted molar refractivity (Wildman–Crippen MR) is 93.4 cm³/mol. The third-order valence-corrected chi connectivity index (χ3v) is 6.91. The van der Waals surface area contributed by atoms with E-state index in [2.05, 4.69) is 42.5 Å². The van der Waals surface area contributed by atoms with Gasteiger partial charge >= 0.3 is 0 Å². The van der Waals surface area contributed by atoms with Crippen LogP contribution in [0.5, 0.6) is 0 Å². The Labute approximate surface area is 134 Å². The van der Waals surface area contributed by atoms with Gasteiger partial charge in [0.25, 0.3) is 0 Å². The largest absolute Gasteiger partial charge is 0.295 e. The lowest BCUT2D eigenvalue weighted by atomic mass is 9.92. The van der Waals surface area contributed by atoms with Crippen LogP contribution in [0.25, 0.3) is 0 Å². The predicted octanol–water partition coefficient (Wildman–Crippen LogP) is 4.83. The summed E-state index contributed by atoms with van der Waals surface area (Å²) >= 11 is 4.09. The van der Waals surface area contributed by atoms with Gasteiger partial charge in [0, 0.05) is 23.0 Å². The fourth-order valence-corrected chi connectivity index (χ4v) is 5.87. The van der Waals surface area contributed by atoms with Crippen molar-refractivity contribution >= 4 is 29.3 Å². The summed E-state index contributed by atoms with van der Waals surface area (Å²) in [5.74, 6) is 2.97. The number of rotatable bonds is 4. The summed E-state index contributed by atoms with van der Waals surface area (Å²) in [6, 6.07) is 18.9. The third-order valence-electron chi connectivity index (χ3n) is 3.75. The SMILES string of the molecule is CC(=O)c1ccc(C(c2ccccc2)C2SCCS2)cc1. The number of Topliss-reactive ketones (excluding diaryl/α,β-unsaturated/α-hetero) is 1. The maximum Gasteiger partial charge on any atom is 0.159 e. The maximum absolute atomic E-state index is 11.4. The van der Waals surface area contributed by atoms with Crippen LogP contribution in [0.2, 0.25) is 0 Å². The lowest BCUT2D eigenvalue weighted by Crippen LogP contribution is -2.12. The van der Waals surface area contributed by atoms with Crippen molar-refractivity contribution < 1.29 is 4.79 Å². The van der Waals surface area contributed by atoms with Crippen LogP contribution in [0.1, 0.15) is 34.3 Å². The summed E-state index contributed by atoms with van der Waals surface area (Å²) in [5, 5.41) is 0. The van der Waals surface area contributed by atoms with Crippen molar-refractivity contribution in [2.75, 3.05) is 11.5 Å². The molecule has 3 heteroatoms. The van der Waals surface area contributed by atoms with Crippen LogP contribution >= 0.6 is 23.5 Å². The fourth-order valence-electron chi connectivity index (χ4n) is 2.66. The van der Waals surface area contributed by atoms with Gasteiger partial charge in [-0.25, -0.2) is 0 Å². The molecular weight excluding hydrogens is 296 g/mol. The summed E-state index contributed by atoms with van der Waals surface area (Å²) in [7, 11) is 0. The fraction of sp³-hybridized carbons (Fsp3) is 0.278. The van der Waals surface area contributed by atoms with Crippen molar-refractivity contribution in [1.29, 1.82) is 0 Å². The molecule has 1 atom stereocenters. The van der Waals surface area contributed by atoms with Gasteiger partial charge in [-0.2, -0.15) is 0 Å². The third kappa shape index (κ3) is 3.35. The van der Waals surface area contributed by atoms with Gasteiger partial charge in [0.15, 0.2) is 5.78 Å². The van der Waals surface area contributed by atoms with Gasteiger partial charge in [0.2, 0.25) is 0 Å². The minimum Gasteiger partial charge on any atom is -0.295 e. The highest BCUT2D eigenvalue weighted by atomic mass is 32.2. The Kier molecular flexibility index (Phi) is 4.71. The molecule has 0 amide bonds. The molecule has 0 saturated carbocycles. The molecule has 108 valence electrons. The zero-order chi connectivity index (χ0) is 14.7. The second-order valence-electron chi connectivity index (χ2n) is 5.18. The first-order valence-corrected chi connectivity index (χ1v) is 9.24. The molecule has 0 N–H and O–H groups in total. The van der Waals surface area contributed by atoms with E-state index in [1.54, 1.807) is 6.92 Å². The molecule has 1 saturated heterocycles. The molecule has 1 aliphatic rings. The van der Waals surface area contributed by atoms with Crippen LogP contribution in [0.4, 0.5) is 0 Å². The molecule has 21 heavy (non-hydrogen) atoms. The van der Waals surface area contributed by atoms with E-state index in [1.165, 1.54) is 22.6 Å². The van der Waals surface area contributed by atoms with Gasteiger partial charge in [0.1, 0.15) is 0 Å². The molecule has 1 aliphatic heterocycles. The van der Waals surface area contributed by atoms with Gasteiger partial charge in [0.05, 0.1) is 4.58 Å². The second kappa shape index (κ2) is 6.71. The number of hydrogen-bond acceptors (Lipinski definition) is 3. The molecule has 0 radical (unpaired) electrons. The van der Waals surface area contributed by atoms with Crippen molar-refractivity contribution in [2.24, 2.45) is 0 Å². The van der Waals surface area contributed by atoms with E-state index in [9.17, 15) is 4.79 Å². The number of thioether (sulfide) groups is 2. The molecule has 0 spiro atoms. The molecule has 2 aromatic carbocycles. The summed E-state index contributed by atoms with van der Waals surface area (Å²) in [6.45, 7) is 1.62. The molecule has 3 rings (SSSR count). The van der Waals surface area contributed by atoms with E-state index in [0.29, 0.717) is 10.5 Å². The first-order valence-electron chi connectivity index (χ1n) is 7.15. The molecule has 1 heterocycles. The Hall–Kier alpha value is -1.19. The summed E-state index contributed by atoms with van der Waals surface area (Å²) < 4.78 is 0.565. The van der Waals surface area contributed by atoms with Crippen molar-refractivity contribution in [3.63, 3.8) is 0 Å². The molecule has 0 aromatic heterocycles. The Morgan fingerprint density at radius 1 is 0.952 bits per heavy atom. The Morgan fingerprint density at radius 2 is 1.52 bits per heavy atom. The van der Waals surface area contributed by atoms with Crippen LogP contribution in [-0.4, -0.2) is 21.9 Å². The summed E-state index contributed by atoms with van der Waals surface area (Å²) in [5.41, 5.74) is 3.45. The summed E-state index contributed by atoms with van der Waals surface area (Å²) in [6.07, 6.45) is 0. The monoisotopic (exact) mass is 314 g/mol. The van der Waals surface area contributed by atoms with E-state index in [-0.39, 0.29) is 5.78 Å². The van der Waals surface area contributed by atoms with Crippen LogP contribution in [0.15, 0.2) is 54.6 Å². The maximum atomic E-state index is 11.4. The Bertz CT molecular complexity index is 601. The van der Waals surface area contributed by atoms with Gasteiger partial charge in [-0.1, -0.05) is 54.6 Å². The van der Waals surface area contributed by atoms with Gasteiger partial charge in [-0.15, -0.1) is 23.5 Å². The number of carbonyl (C=O) groups is 1. The van der Waals surface area contributed by atoms with E-state index < -0.39 is 0 Å². The standard InChI is InChI=1S/C18H18OS2/c1-13(19)14-7-9-16(10-8-14)17(18-20-11-12-21-18)15-5-3-2-4-6-15/h2-10,17-18H,11-12H2,1H3. The molecule has 0 aliphatic carbocycles. The van der Waals surface area contributed by atoms with Crippen LogP contribution in [-0.2, 0) is 0 Å². The van der Waals surface area contributed by atoms with Gasteiger partial charge in [-0.05, 0) is 18.1 Å². The zero-order valence-electron chi connectivity index (χ0n) is 12.0. The highest BCUT2D eigenvalue weighted by Gasteiger charge is 2.28. The average Bonchev–Trinajstić information content (AvgIpc) is 3.03. The second-order valence-corrected chi connectivity index (χ2v) is 7.97. The normalized spacial score (nSPS) is 16.8. The van der Waals surface area contributed by atoms with E-state index in [1.807, 2.05) is 35.7 Å². The quantitative estimate of drug-likeness (QED) is 0.753. The summed E-state index contributed by atoms with van der Waals surface area (Å²) in [4.78, 5) is 11.4. The van der Waals surface area contributed by atoms with Crippen LogP contribution in [0, 0.1) is 0 Å². The van der Waals surface area contributed by atoms with E-state index in [4.69, 9.17) is 0 Å². The van der Waals surface area contributed by atoms with E-state index >= 15 is 0 Å². The molecule has 2 aromatic rings. The van der Waals surface area contributed by atoms with Crippen molar-refractivity contribution in [2.45, 2.75) is 17.4 Å². The van der Waals surface area contributed by atoms with Crippen LogP contribution < -0.4 is 0 Å². The first kappa shape index (κ1) is 14.7. The first-order chi connectivity index (χ1) is 10.3. The highest BCUT2D eigenvalue weighted by Crippen LogP contribution is 2.45. The van der Waals surface area contributed by atoms with Crippen molar-refractivity contribution in [3.8, 4) is 0 Å². The smallest absolute Gasteiger partial charge is 0.159 e.